The quantitative estimate of drug-likeness (QED) is 0.751. The first kappa shape index (κ1) is 8.23. The molecule has 3 heteroatoms. The maximum atomic E-state index is 10.6. The molecule has 0 aromatic carbocycles. The number of aromatic nitrogens is 1. The van der Waals surface area contributed by atoms with Crippen LogP contribution in [0.2, 0.25) is 0 Å². The van der Waals surface area contributed by atoms with Crippen molar-refractivity contribution in [3.8, 4) is 0 Å². The first-order valence-corrected chi connectivity index (χ1v) is 4.38. The molecule has 1 aliphatic rings. The molecule has 0 aliphatic heterocycles. The summed E-state index contributed by atoms with van der Waals surface area (Å²) in [5, 5.41) is 8.71. The predicted molar refractivity (Wildman–Crippen MR) is 47.9 cm³/mol. The van der Waals surface area contributed by atoms with E-state index in [9.17, 15) is 4.79 Å². The van der Waals surface area contributed by atoms with E-state index < -0.39 is 5.97 Å². The van der Waals surface area contributed by atoms with Crippen molar-refractivity contribution in [3.63, 3.8) is 0 Å². The zero-order valence-corrected chi connectivity index (χ0v) is 7.45. The van der Waals surface area contributed by atoms with Gasteiger partial charge in [-0.05, 0) is 31.4 Å². The summed E-state index contributed by atoms with van der Waals surface area (Å²) < 4.78 is 0. The highest BCUT2D eigenvalue weighted by Gasteiger charge is 2.26. The predicted octanol–water partition coefficient (Wildman–Crippen LogP) is 1.97. The Bertz CT molecular complexity index is 356. The molecule has 3 nitrogen and oxygen atoms in total. The molecule has 1 aromatic heterocycles. The second kappa shape index (κ2) is 2.83. The Morgan fingerprint density at radius 3 is 2.77 bits per heavy atom. The van der Waals surface area contributed by atoms with Gasteiger partial charge in [0.05, 0.1) is 5.56 Å². The summed E-state index contributed by atoms with van der Waals surface area (Å²) in [6.07, 6.45) is 3.84. The third-order valence-corrected chi connectivity index (χ3v) is 2.33. The number of aryl methyl sites for hydroxylation is 1. The zero-order valence-electron chi connectivity index (χ0n) is 7.45. The normalized spacial score (nSPS) is 15.8. The van der Waals surface area contributed by atoms with Crippen molar-refractivity contribution in [2.24, 2.45) is 0 Å². The van der Waals surface area contributed by atoms with E-state index in [1.165, 1.54) is 19.0 Å². The fourth-order valence-electron chi connectivity index (χ4n) is 1.49. The molecule has 1 fully saturated rings. The number of pyridine rings is 1. The minimum atomic E-state index is -0.905. The topological polar surface area (TPSA) is 50.2 Å². The van der Waals surface area contributed by atoms with Crippen LogP contribution in [0.25, 0.3) is 0 Å². The Morgan fingerprint density at radius 2 is 2.31 bits per heavy atom. The number of hydrogen-bond acceptors (Lipinski definition) is 2. The van der Waals surface area contributed by atoms with E-state index >= 15 is 0 Å². The maximum Gasteiger partial charge on any atom is 0.337 e. The van der Waals surface area contributed by atoms with E-state index in [4.69, 9.17) is 5.11 Å². The summed E-state index contributed by atoms with van der Waals surface area (Å²) in [5.41, 5.74) is 2.36. The number of rotatable bonds is 2. The summed E-state index contributed by atoms with van der Waals surface area (Å²) in [5.74, 6) is -0.319. The van der Waals surface area contributed by atoms with Crippen LogP contribution in [0.1, 0.15) is 40.4 Å². The van der Waals surface area contributed by atoms with E-state index in [0.717, 1.165) is 11.3 Å². The molecule has 0 radical (unpaired) electrons. The van der Waals surface area contributed by atoms with Gasteiger partial charge in [0.25, 0.3) is 0 Å². The highest BCUT2D eigenvalue weighted by molar-refractivity contribution is 5.87. The van der Waals surface area contributed by atoms with Gasteiger partial charge in [-0.25, -0.2) is 4.79 Å². The van der Waals surface area contributed by atoms with Gasteiger partial charge in [0.1, 0.15) is 0 Å². The molecule has 13 heavy (non-hydrogen) atoms. The summed E-state index contributed by atoms with van der Waals surface area (Å²) in [6.45, 7) is 1.92. The lowest BCUT2D eigenvalue weighted by molar-refractivity contribution is 0.0696. The number of carboxylic acids is 1. The van der Waals surface area contributed by atoms with Gasteiger partial charge in [-0.2, -0.15) is 0 Å². The van der Waals surface area contributed by atoms with Crippen LogP contribution in [-0.4, -0.2) is 16.1 Å². The Hall–Kier alpha value is -1.38. The molecule has 0 atom stereocenters. The SMILES string of the molecule is Cc1cc(C(=O)O)cnc1C1CC1. The molecular formula is C10H11NO2. The molecule has 1 N–H and O–H groups in total. The number of aromatic carboxylic acids is 1. The molecule has 0 amide bonds. The Balaban J connectivity index is 2.36. The Labute approximate surface area is 76.4 Å². The van der Waals surface area contributed by atoms with E-state index in [1.54, 1.807) is 6.07 Å². The highest BCUT2D eigenvalue weighted by atomic mass is 16.4. The molecule has 2 rings (SSSR count). The van der Waals surface area contributed by atoms with Crippen LogP contribution in [-0.2, 0) is 0 Å². The third-order valence-electron chi connectivity index (χ3n) is 2.33. The Kier molecular flexibility index (Phi) is 1.79. The molecule has 1 aliphatic carbocycles. The lowest BCUT2D eigenvalue weighted by atomic mass is 10.1. The van der Waals surface area contributed by atoms with Gasteiger partial charge in [-0.15, -0.1) is 0 Å². The molecule has 0 spiro atoms. The average molecular weight is 177 g/mol. The van der Waals surface area contributed by atoms with Gasteiger partial charge >= 0.3 is 5.97 Å². The summed E-state index contributed by atoms with van der Waals surface area (Å²) >= 11 is 0. The number of hydrogen-bond donors (Lipinski definition) is 1. The largest absolute Gasteiger partial charge is 0.478 e. The van der Waals surface area contributed by atoms with Crippen molar-refractivity contribution in [1.29, 1.82) is 0 Å². The minimum absolute atomic E-state index is 0.280. The third kappa shape index (κ3) is 1.54. The zero-order chi connectivity index (χ0) is 9.42. The fourth-order valence-corrected chi connectivity index (χ4v) is 1.49. The lowest BCUT2D eigenvalue weighted by Crippen LogP contribution is -2.00. The van der Waals surface area contributed by atoms with Crippen molar-refractivity contribution in [3.05, 3.63) is 29.1 Å². The maximum absolute atomic E-state index is 10.6. The molecule has 1 aromatic rings. The molecule has 0 saturated heterocycles. The van der Waals surface area contributed by atoms with Crippen LogP contribution in [0.5, 0.6) is 0 Å². The lowest BCUT2D eigenvalue weighted by Gasteiger charge is -2.03. The van der Waals surface area contributed by atoms with Crippen LogP contribution in [0.3, 0.4) is 0 Å². The van der Waals surface area contributed by atoms with Gasteiger partial charge in [-0.1, -0.05) is 0 Å². The summed E-state index contributed by atoms with van der Waals surface area (Å²) in [6, 6.07) is 1.70. The van der Waals surface area contributed by atoms with Crippen molar-refractivity contribution < 1.29 is 9.90 Å². The first-order valence-electron chi connectivity index (χ1n) is 4.38. The van der Waals surface area contributed by atoms with Gasteiger partial charge in [-0.3, -0.25) is 4.98 Å². The van der Waals surface area contributed by atoms with Crippen molar-refractivity contribution in [2.45, 2.75) is 25.7 Å². The second-order valence-electron chi connectivity index (χ2n) is 3.51. The van der Waals surface area contributed by atoms with E-state index in [0.29, 0.717) is 5.92 Å². The van der Waals surface area contributed by atoms with E-state index in [1.807, 2.05) is 6.92 Å². The number of carboxylic acid groups (broad SMARTS) is 1. The van der Waals surface area contributed by atoms with Crippen molar-refractivity contribution >= 4 is 5.97 Å². The number of carbonyl (C=O) groups is 1. The molecule has 1 heterocycles. The smallest absolute Gasteiger partial charge is 0.337 e. The van der Waals surface area contributed by atoms with E-state index in [2.05, 4.69) is 4.98 Å². The van der Waals surface area contributed by atoms with E-state index in [-0.39, 0.29) is 5.56 Å². The minimum Gasteiger partial charge on any atom is -0.478 e. The molecule has 0 bridgehead atoms. The second-order valence-corrected chi connectivity index (χ2v) is 3.51. The fraction of sp³-hybridized carbons (Fsp3) is 0.400. The molecule has 68 valence electrons. The van der Waals surface area contributed by atoms with Crippen LogP contribution < -0.4 is 0 Å². The molecule has 1 saturated carbocycles. The molecule has 0 unspecified atom stereocenters. The molecular weight excluding hydrogens is 166 g/mol. The summed E-state index contributed by atoms with van der Waals surface area (Å²) in [7, 11) is 0. The van der Waals surface area contributed by atoms with Crippen LogP contribution in [0.15, 0.2) is 12.3 Å². The number of nitrogens with zero attached hydrogens (tertiary/aromatic N) is 1. The van der Waals surface area contributed by atoms with Crippen molar-refractivity contribution in [2.75, 3.05) is 0 Å². The Morgan fingerprint density at radius 1 is 1.62 bits per heavy atom. The highest BCUT2D eigenvalue weighted by Crippen LogP contribution is 2.40. The van der Waals surface area contributed by atoms with Crippen LogP contribution in [0, 0.1) is 6.92 Å². The summed E-state index contributed by atoms with van der Waals surface area (Å²) in [4.78, 5) is 14.8. The first-order chi connectivity index (χ1) is 6.18. The van der Waals surface area contributed by atoms with Gasteiger partial charge in [0, 0.05) is 17.8 Å². The van der Waals surface area contributed by atoms with Gasteiger partial charge in [0.15, 0.2) is 0 Å². The van der Waals surface area contributed by atoms with Gasteiger partial charge < -0.3 is 5.11 Å². The monoisotopic (exact) mass is 177 g/mol. The van der Waals surface area contributed by atoms with Crippen LogP contribution in [0.4, 0.5) is 0 Å². The van der Waals surface area contributed by atoms with Crippen molar-refractivity contribution in [1.82, 2.24) is 4.98 Å². The van der Waals surface area contributed by atoms with Crippen LogP contribution >= 0.6 is 0 Å². The average Bonchev–Trinajstić information content (AvgIpc) is 2.87. The standard InChI is InChI=1S/C10H11NO2/c1-6-4-8(10(12)13)5-11-9(6)7-2-3-7/h4-5,7H,2-3H2,1H3,(H,12,13). The van der Waals surface area contributed by atoms with Gasteiger partial charge in [0.2, 0.25) is 0 Å².